The number of hydrogen-bond donors (Lipinski definition) is 1. The summed E-state index contributed by atoms with van der Waals surface area (Å²) in [6.45, 7) is 1.93. The van der Waals surface area contributed by atoms with Crippen LogP contribution < -0.4 is 4.74 Å². The highest BCUT2D eigenvalue weighted by Gasteiger charge is 2.13. The molecule has 0 bridgehead atoms. The molecule has 1 rings (SSSR count). The van der Waals surface area contributed by atoms with Crippen molar-refractivity contribution in [3.8, 4) is 5.75 Å². The third-order valence-electron chi connectivity index (χ3n) is 3.42. The Morgan fingerprint density at radius 3 is 2.57 bits per heavy atom. The fourth-order valence-corrected chi connectivity index (χ4v) is 2.97. The number of carboxylic acids is 1. The molecule has 0 aromatic heterocycles. The third kappa shape index (κ3) is 7.51. The van der Waals surface area contributed by atoms with Crippen LogP contribution in [-0.4, -0.2) is 17.7 Å². The molecule has 0 amide bonds. The Bertz CT molecular complexity index is 420. The summed E-state index contributed by atoms with van der Waals surface area (Å²) >= 11 is 3.70. The van der Waals surface area contributed by atoms with Crippen molar-refractivity contribution in [2.45, 2.75) is 56.7 Å². The predicted molar refractivity (Wildman–Crippen MR) is 89.2 cm³/mol. The van der Waals surface area contributed by atoms with Crippen molar-refractivity contribution >= 4 is 21.9 Å². The molecule has 1 N–H and O–H groups in total. The lowest BCUT2D eigenvalue weighted by Gasteiger charge is -2.15. The zero-order valence-electron chi connectivity index (χ0n) is 12.7. The van der Waals surface area contributed by atoms with Crippen LogP contribution in [-0.2, 0) is 4.79 Å². The number of halogens is 1. The minimum Gasteiger partial charge on any atom is -0.482 e. The predicted octanol–water partition coefficient (Wildman–Crippen LogP) is 5.34. The van der Waals surface area contributed by atoms with Gasteiger partial charge < -0.3 is 9.84 Å². The number of para-hydroxylation sites is 1. The number of hydrogen-bond acceptors (Lipinski definition) is 2. The number of benzene rings is 1. The van der Waals surface area contributed by atoms with E-state index in [0.29, 0.717) is 5.75 Å². The Morgan fingerprint density at radius 2 is 1.86 bits per heavy atom. The van der Waals surface area contributed by atoms with Crippen LogP contribution in [0.2, 0.25) is 0 Å². The summed E-state index contributed by atoms with van der Waals surface area (Å²) < 4.78 is 5.35. The highest BCUT2D eigenvalue weighted by molar-refractivity contribution is 9.09. The van der Waals surface area contributed by atoms with Gasteiger partial charge >= 0.3 is 5.97 Å². The number of rotatable bonds is 11. The number of unbranched alkanes of at least 4 members (excludes halogenated alkanes) is 5. The summed E-state index contributed by atoms with van der Waals surface area (Å²) in [6.07, 6.45) is 8.68. The molecular formula is C17H25BrO3. The molecule has 1 atom stereocenters. The van der Waals surface area contributed by atoms with Gasteiger partial charge in [-0.25, -0.2) is 4.79 Å². The normalized spacial score (nSPS) is 12.1. The summed E-state index contributed by atoms with van der Waals surface area (Å²) in [6, 6.07) is 7.64. The molecule has 0 spiro atoms. The average molecular weight is 357 g/mol. The van der Waals surface area contributed by atoms with Gasteiger partial charge in [0.1, 0.15) is 5.75 Å². The fraction of sp³-hybridized carbons (Fsp3) is 0.588. The molecule has 0 saturated heterocycles. The number of alkyl halides is 1. The molecule has 1 aromatic carbocycles. The van der Waals surface area contributed by atoms with E-state index in [-0.39, 0.29) is 11.4 Å². The Hall–Kier alpha value is -1.03. The van der Waals surface area contributed by atoms with Crippen LogP contribution in [0, 0.1) is 0 Å². The number of carbonyl (C=O) groups is 1. The molecule has 3 nitrogen and oxygen atoms in total. The van der Waals surface area contributed by atoms with Crippen LogP contribution in [0.1, 0.15) is 62.3 Å². The van der Waals surface area contributed by atoms with E-state index in [1.807, 2.05) is 24.3 Å². The molecule has 0 aliphatic heterocycles. The molecule has 0 aliphatic rings. The second kappa shape index (κ2) is 10.7. The average Bonchev–Trinajstić information content (AvgIpc) is 2.48. The molecule has 21 heavy (non-hydrogen) atoms. The maximum Gasteiger partial charge on any atom is 0.341 e. The molecule has 0 saturated carbocycles. The van der Waals surface area contributed by atoms with Crippen molar-refractivity contribution in [1.29, 1.82) is 0 Å². The van der Waals surface area contributed by atoms with Crippen LogP contribution in [0.15, 0.2) is 24.3 Å². The summed E-state index contributed by atoms with van der Waals surface area (Å²) in [5.41, 5.74) is 1.03. The van der Waals surface area contributed by atoms with E-state index in [1.165, 1.54) is 38.5 Å². The molecule has 4 heteroatoms. The summed E-state index contributed by atoms with van der Waals surface area (Å²) in [5.74, 6) is -0.292. The molecule has 118 valence electrons. The van der Waals surface area contributed by atoms with E-state index < -0.39 is 5.97 Å². The lowest BCUT2D eigenvalue weighted by atomic mass is 10.0. The van der Waals surface area contributed by atoms with Crippen molar-refractivity contribution in [1.82, 2.24) is 0 Å². The van der Waals surface area contributed by atoms with Gasteiger partial charge in [0.05, 0.1) is 0 Å². The van der Waals surface area contributed by atoms with Crippen molar-refractivity contribution < 1.29 is 14.6 Å². The highest BCUT2D eigenvalue weighted by atomic mass is 79.9. The van der Waals surface area contributed by atoms with Crippen LogP contribution in [0.3, 0.4) is 0 Å². The first kappa shape index (κ1) is 18.0. The van der Waals surface area contributed by atoms with Crippen molar-refractivity contribution in [2.75, 3.05) is 6.61 Å². The van der Waals surface area contributed by atoms with Crippen molar-refractivity contribution in [2.24, 2.45) is 0 Å². The fourth-order valence-electron chi connectivity index (χ4n) is 2.27. The van der Waals surface area contributed by atoms with Crippen LogP contribution in [0.5, 0.6) is 5.75 Å². The van der Waals surface area contributed by atoms with E-state index in [4.69, 9.17) is 9.84 Å². The van der Waals surface area contributed by atoms with Gasteiger partial charge in [0, 0.05) is 10.4 Å². The Kier molecular flexibility index (Phi) is 9.15. The molecule has 0 aliphatic carbocycles. The Balaban J connectivity index is 2.42. The number of carboxylic acid groups (broad SMARTS) is 1. The highest BCUT2D eigenvalue weighted by Crippen LogP contribution is 2.35. The smallest absolute Gasteiger partial charge is 0.341 e. The van der Waals surface area contributed by atoms with Gasteiger partial charge in [-0.15, -0.1) is 0 Å². The maximum atomic E-state index is 10.6. The van der Waals surface area contributed by atoms with Crippen molar-refractivity contribution in [3.05, 3.63) is 29.8 Å². The molecule has 1 aromatic rings. The Labute approximate surface area is 135 Å². The Morgan fingerprint density at radius 1 is 1.19 bits per heavy atom. The second-order valence-corrected chi connectivity index (χ2v) is 6.35. The van der Waals surface area contributed by atoms with E-state index >= 15 is 0 Å². The van der Waals surface area contributed by atoms with Gasteiger partial charge in [0.25, 0.3) is 0 Å². The second-order valence-electron chi connectivity index (χ2n) is 5.24. The molecular weight excluding hydrogens is 332 g/mol. The van der Waals surface area contributed by atoms with E-state index in [1.54, 1.807) is 0 Å². The SMILES string of the molecule is CCCCCCCCC(Br)c1ccccc1OCC(=O)O. The zero-order chi connectivity index (χ0) is 15.5. The standard InChI is InChI=1S/C17H25BrO3/c1-2-3-4-5-6-7-11-15(18)14-10-8-9-12-16(14)21-13-17(19)20/h8-10,12,15H,2-7,11,13H2,1H3,(H,19,20). The van der Waals surface area contributed by atoms with E-state index in [9.17, 15) is 4.79 Å². The molecule has 0 heterocycles. The molecule has 0 fully saturated rings. The first-order chi connectivity index (χ1) is 10.1. The maximum absolute atomic E-state index is 10.6. The van der Waals surface area contributed by atoms with E-state index in [2.05, 4.69) is 22.9 Å². The van der Waals surface area contributed by atoms with Crippen molar-refractivity contribution in [3.63, 3.8) is 0 Å². The largest absolute Gasteiger partial charge is 0.482 e. The monoisotopic (exact) mass is 356 g/mol. The van der Waals surface area contributed by atoms with Gasteiger partial charge in [0.2, 0.25) is 0 Å². The van der Waals surface area contributed by atoms with Gasteiger partial charge in [-0.3, -0.25) is 0 Å². The minimum absolute atomic E-state index is 0.216. The van der Waals surface area contributed by atoms with Gasteiger partial charge in [-0.05, 0) is 12.5 Å². The summed E-state index contributed by atoms with van der Waals surface area (Å²) in [7, 11) is 0. The topological polar surface area (TPSA) is 46.5 Å². The third-order valence-corrected chi connectivity index (χ3v) is 4.37. The zero-order valence-corrected chi connectivity index (χ0v) is 14.3. The number of ether oxygens (including phenoxy) is 1. The van der Waals surface area contributed by atoms with E-state index in [0.717, 1.165) is 12.0 Å². The number of aliphatic carboxylic acids is 1. The summed E-state index contributed by atoms with van der Waals surface area (Å²) in [4.78, 5) is 10.8. The van der Waals surface area contributed by atoms with Gasteiger partial charge in [-0.2, -0.15) is 0 Å². The lowest BCUT2D eigenvalue weighted by Crippen LogP contribution is -2.10. The van der Waals surface area contributed by atoms with Crippen LogP contribution in [0.4, 0.5) is 0 Å². The van der Waals surface area contributed by atoms with Crippen LogP contribution >= 0.6 is 15.9 Å². The minimum atomic E-state index is -0.952. The molecule has 0 radical (unpaired) electrons. The van der Waals surface area contributed by atoms with Gasteiger partial charge in [0.15, 0.2) is 6.61 Å². The first-order valence-electron chi connectivity index (χ1n) is 7.72. The quantitative estimate of drug-likeness (QED) is 0.430. The lowest BCUT2D eigenvalue weighted by molar-refractivity contribution is -0.139. The van der Waals surface area contributed by atoms with Crippen LogP contribution in [0.25, 0.3) is 0 Å². The summed E-state index contributed by atoms with van der Waals surface area (Å²) in [5, 5.41) is 8.71. The van der Waals surface area contributed by atoms with Gasteiger partial charge in [-0.1, -0.05) is 79.6 Å². The first-order valence-corrected chi connectivity index (χ1v) is 8.64. The molecule has 1 unspecified atom stereocenters.